The van der Waals surface area contributed by atoms with Crippen molar-refractivity contribution in [1.82, 2.24) is 20.9 Å². The molecule has 14 nitrogen and oxygen atoms in total. The number of para-hydroxylation sites is 1. The molecule has 1 aromatic heterocycles. The molecule has 0 saturated carbocycles. The Bertz CT molecular complexity index is 1370. The van der Waals surface area contributed by atoms with Crippen LogP contribution in [0, 0.1) is 12.3 Å². The highest BCUT2D eigenvalue weighted by Crippen LogP contribution is 2.26. The lowest BCUT2D eigenvalue weighted by Crippen LogP contribution is -2.54. The largest absolute Gasteiger partial charge is 0.480 e. The first-order valence-corrected chi connectivity index (χ1v) is 14.1. The average Bonchev–Trinajstić information content (AvgIpc) is 3.56. The molecule has 2 aromatic rings. The molecule has 0 fully saturated rings. The molecule has 0 radical (unpaired) electrons. The van der Waals surface area contributed by atoms with E-state index in [1.165, 1.54) is 6.92 Å². The Morgan fingerprint density at radius 3 is 2.44 bits per heavy atom. The summed E-state index contributed by atoms with van der Waals surface area (Å²) in [5, 5.41) is 35.7. The van der Waals surface area contributed by atoms with Crippen LogP contribution in [0.2, 0.25) is 0 Å². The molecule has 1 aliphatic heterocycles. The topological polar surface area (TPSA) is 237 Å². The maximum Gasteiger partial charge on any atom is 0.326 e. The zero-order valence-electron chi connectivity index (χ0n) is 24.4. The molecule has 43 heavy (non-hydrogen) atoms. The van der Waals surface area contributed by atoms with Crippen LogP contribution in [0.3, 0.4) is 0 Å². The summed E-state index contributed by atoms with van der Waals surface area (Å²) in [5.41, 5.74) is 13.6. The van der Waals surface area contributed by atoms with Gasteiger partial charge in [-0.15, -0.1) is 0 Å². The third-order valence-corrected chi connectivity index (χ3v) is 7.35. The van der Waals surface area contributed by atoms with Crippen molar-refractivity contribution in [2.75, 3.05) is 19.6 Å². The summed E-state index contributed by atoms with van der Waals surface area (Å²) in [6.07, 6.45) is 1.75. The number of guanidine groups is 1. The number of hydrogen-bond donors (Lipinski definition) is 8. The number of carbonyl (C=O) groups excluding carboxylic acids is 3. The molecule has 0 saturated heterocycles. The standard InChI is InChI=1S/C29H41N7O7/c1-16-19-7-3-4-8-22(19)43-23(16)14-21(28(41)42)34-24(38)9-5-6-11-33-26(39)20(35-27(40)25(30)17(2)37)13-18-10-12-36(15-18)29(31)32/h3-4,7-8,10,17,20-21,25,37H,5-6,9,11-15,30H2,1-2H3,(H3,31,32)(H,33,39)(H,34,38)(H,35,40)(H,41,42). The van der Waals surface area contributed by atoms with E-state index >= 15 is 0 Å². The highest BCUT2D eigenvalue weighted by atomic mass is 16.4. The number of benzene rings is 1. The van der Waals surface area contributed by atoms with Crippen LogP contribution < -0.4 is 27.4 Å². The first-order chi connectivity index (χ1) is 20.4. The van der Waals surface area contributed by atoms with E-state index in [1.807, 2.05) is 31.2 Å². The summed E-state index contributed by atoms with van der Waals surface area (Å²) in [7, 11) is 0. The number of nitrogens with zero attached hydrogens (tertiary/aromatic N) is 1. The second-order valence-electron chi connectivity index (χ2n) is 10.7. The number of amides is 3. The SMILES string of the molecule is Cc1c(CC(NC(=O)CCCCNC(=O)C(CC2=CCN(C(=N)N)C2)NC(=O)C(N)C(C)O)C(=O)O)oc2ccccc12. The minimum absolute atomic E-state index is 0.00405. The van der Waals surface area contributed by atoms with Crippen LogP contribution in [0.4, 0.5) is 0 Å². The molecule has 234 valence electrons. The summed E-state index contributed by atoms with van der Waals surface area (Å²) in [6, 6.07) is 4.03. The van der Waals surface area contributed by atoms with Crippen LogP contribution >= 0.6 is 0 Å². The van der Waals surface area contributed by atoms with Gasteiger partial charge >= 0.3 is 5.97 Å². The van der Waals surface area contributed by atoms with E-state index in [-0.39, 0.29) is 31.8 Å². The lowest BCUT2D eigenvalue weighted by Gasteiger charge is -2.23. The second kappa shape index (κ2) is 15.2. The van der Waals surface area contributed by atoms with Crippen molar-refractivity contribution >= 4 is 40.6 Å². The number of aliphatic hydroxyl groups is 1. The first kappa shape index (κ1) is 33.1. The number of unbranched alkanes of at least 4 members (excludes halogenated alkanes) is 1. The zero-order chi connectivity index (χ0) is 31.7. The Kier molecular flexibility index (Phi) is 11.7. The minimum Gasteiger partial charge on any atom is -0.480 e. The predicted octanol–water partition coefficient (Wildman–Crippen LogP) is -0.142. The summed E-state index contributed by atoms with van der Waals surface area (Å²) in [6.45, 7) is 4.19. The van der Waals surface area contributed by atoms with Gasteiger partial charge in [0.05, 0.1) is 6.10 Å². The van der Waals surface area contributed by atoms with Crippen molar-refractivity contribution in [1.29, 1.82) is 5.41 Å². The van der Waals surface area contributed by atoms with E-state index in [0.29, 0.717) is 37.3 Å². The van der Waals surface area contributed by atoms with Gasteiger partial charge in [0, 0.05) is 37.9 Å². The molecule has 10 N–H and O–H groups in total. The molecule has 3 amide bonds. The number of nitrogens with two attached hydrogens (primary N) is 2. The normalized spacial score (nSPS) is 15.7. The van der Waals surface area contributed by atoms with Crippen LogP contribution in [-0.2, 0) is 25.6 Å². The fraction of sp³-hybridized carbons (Fsp3) is 0.483. The Balaban J connectivity index is 1.47. The van der Waals surface area contributed by atoms with E-state index in [1.54, 1.807) is 11.0 Å². The van der Waals surface area contributed by atoms with E-state index in [0.717, 1.165) is 16.5 Å². The molecule has 1 aliphatic rings. The molecule has 0 spiro atoms. The van der Waals surface area contributed by atoms with E-state index in [2.05, 4.69) is 16.0 Å². The van der Waals surface area contributed by atoms with E-state index < -0.39 is 47.9 Å². The smallest absolute Gasteiger partial charge is 0.326 e. The number of furan rings is 1. The van der Waals surface area contributed by atoms with Gasteiger partial charge in [0.2, 0.25) is 17.7 Å². The number of carboxylic acid groups (broad SMARTS) is 1. The lowest BCUT2D eigenvalue weighted by molar-refractivity contribution is -0.141. The van der Waals surface area contributed by atoms with Gasteiger partial charge in [-0.1, -0.05) is 29.8 Å². The summed E-state index contributed by atoms with van der Waals surface area (Å²) in [5.74, 6) is -2.36. The third kappa shape index (κ3) is 9.28. The van der Waals surface area contributed by atoms with Crippen LogP contribution in [0.5, 0.6) is 0 Å². The van der Waals surface area contributed by atoms with Gasteiger partial charge in [0.1, 0.15) is 29.5 Å². The van der Waals surface area contributed by atoms with Crippen molar-refractivity contribution in [2.45, 2.75) is 70.2 Å². The van der Waals surface area contributed by atoms with E-state index in [4.69, 9.17) is 21.3 Å². The Morgan fingerprint density at radius 2 is 1.81 bits per heavy atom. The number of rotatable bonds is 15. The van der Waals surface area contributed by atoms with Crippen molar-refractivity contribution < 1.29 is 33.8 Å². The Morgan fingerprint density at radius 1 is 1.09 bits per heavy atom. The molecule has 4 unspecified atom stereocenters. The van der Waals surface area contributed by atoms with Crippen molar-refractivity contribution in [2.24, 2.45) is 11.5 Å². The van der Waals surface area contributed by atoms with Gasteiger partial charge in [-0.2, -0.15) is 0 Å². The van der Waals surface area contributed by atoms with Crippen molar-refractivity contribution in [3.63, 3.8) is 0 Å². The first-order valence-electron chi connectivity index (χ1n) is 14.1. The summed E-state index contributed by atoms with van der Waals surface area (Å²) in [4.78, 5) is 51.4. The van der Waals surface area contributed by atoms with E-state index in [9.17, 15) is 29.4 Å². The predicted molar refractivity (Wildman–Crippen MR) is 159 cm³/mol. The number of aliphatic carboxylic acids is 1. The van der Waals surface area contributed by atoms with Gasteiger partial charge in [0.25, 0.3) is 0 Å². The quantitative estimate of drug-likeness (QED) is 0.0583. The number of fused-ring (bicyclic) bond motifs is 1. The Labute approximate surface area is 249 Å². The Hall–Kier alpha value is -4.43. The van der Waals surface area contributed by atoms with Crippen LogP contribution in [0.1, 0.15) is 43.9 Å². The molecular weight excluding hydrogens is 558 g/mol. The lowest BCUT2D eigenvalue weighted by atomic mass is 10.0. The van der Waals surface area contributed by atoms with Crippen molar-refractivity contribution in [3.05, 3.63) is 47.2 Å². The maximum absolute atomic E-state index is 13.0. The molecule has 0 bridgehead atoms. The molecule has 14 heteroatoms. The number of aryl methyl sites for hydroxylation is 1. The number of nitrogens with one attached hydrogen (secondary N) is 4. The van der Waals surface area contributed by atoms with Gasteiger partial charge in [-0.05, 0) is 44.7 Å². The fourth-order valence-electron chi connectivity index (χ4n) is 4.72. The number of carboxylic acids is 1. The molecule has 3 rings (SSSR count). The summed E-state index contributed by atoms with van der Waals surface area (Å²) < 4.78 is 5.80. The van der Waals surface area contributed by atoms with Gasteiger partial charge in [-0.25, -0.2) is 4.79 Å². The highest BCUT2D eigenvalue weighted by Gasteiger charge is 2.28. The number of carbonyl (C=O) groups is 4. The van der Waals surface area contributed by atoms with Gasteiger partial charge in [-0.3, -0.25) is 19.8 Å². The van der Waals surface area contributed by atoms with Gasteiger partial charge < -0.3 is 46.9 Å². The van der Waals surface area contributed by atoms with Crippen LogP contribution in [0.15, 0.2) is 40.3 Å². The molecule has 1 aromatic carbocycles. The molecule has 0 aliphatic carbocycles. The van der Waals surface area contributed by atoms with Crippen LogP contribution in [-0.4, -0.2) is 88.6 Å². The van der Waals surface area contributed by atoms with Crippen molar-refractivity contribution in [3.8, 4) is 0 Å². The molecule has 2 heterocycles. The zero-order valence-corrected chi connectivity index (χ0v) is 24.4. The number of hydrogen-bond acceptors (Lipinski definition) is 8. The third-order valence-electron chi connectivity index (χ3n) is 7.35. The fourth-order valence-corrected chi connectivity index (χ4v) is 4.72. The highest BCUT2D eigenvalue weighted by molar-refractivity contribution is 5.90. The minimum atomic E-state index is -1.22. The number of aliphatic hydroxyl groups excluding tert-OH is 1. The second-order valence-corrected chi connectivity index (χ2v) is 10.7. The monoisotopic (exact) mass is 599 g/mol. The molecular formula is C29H41N7O7. The van der Waals surface area contributed by atoms with Gasteiger partial charge in [0.15, 0.2) is 5.96 Å². The maximum atomic E-state index is 13.0. The summed E-state index contributed by atoms with van der Waals surface area (Å²) >= 11 is 0. The average molecular weight is 600 g/mol. The van der Waals surface area contributed by atoms with Crippen LogP contribution in [0.25, 0.3) is 11.0 Å². The molecule has 4 atom stereocenters.